The highest BCUT2D eigenvalue weighted by molar-refractivity contribution is 5.78. The molecule has 5 heteroatoms. The van der Waals surface area contributed by atoms with Crippen molar-refractivity contribution in [3.05, 3.63) is 18.0 Å². The Morgan fingerprint density at radius 2 is 2.26 bits per heavy atom. The molecule has 0 aliphatic heterocycles. The fourth-order valence-electron chi connectivity index (χ4n) is 2.91. The van der Waals surface area contributed by atoms with Gasteiger partial charge in [-0.1, -0.05) is 19.3 Å². The predicted molar refractivity (Wildman–Crippen MR) is 74.5 cm³/mol. The fraction of sp³-hybridized carbons (Fsp3) is 0.714. The van der Waals surface area contributed by atoms with Crippen LogP contribution >= 0.6 is 0 Å². The Morgan fingerprint density at radius 1 is 1.53 bits per heavy atom. The number of hydrogen-bond acceptors (Lipinski definition) is 3. The highest BCUT2D eigenvalue weighted by Crippen LogP contribution is 2.26. The summed E-state index contributed by atoms with van der Waals surface area (Å²) in [5.41, 5.74) is 6.76. The second-order valence-corrected chi connectivity index (χ2v) is 5.51. The molecule has 1 fully saturated rings. The lowest BCUT2D eigenvalue weighted by atomic mass is 9.84. The summed E-state index contributed by atoms with van der Waals surface area (Å²) in [6, 6.07) is 0.129. The molecule has 1 amide bonds. The first kappa shape index (κ1) is 14.1. The molecule has 0 spiro atoms. The van der Waals surface area contributed by atoms with Gasteiger partial charge in [-0.25, -0.2) is 0 Å². The van der Waals surface area contributed by atoms with Crippen LogP contribution in [0.1, 0.15) is 37.7 Å². The van der Waals surface area contributed by atoms with Crippen LogP contribution in [0.3, 0.4) is 0 Å². The number of nitrogens with two attached hydrogens (primary N) is 1. The lowest BCUT2D eigenvalue weighted by Gasteiger charge is -2.30. The molecule has 0 bridgehead atoms. The van der Waals surface area contributed by atoms with E-state index >= 15 is 0 Å². The average molecular weight is 264 g/mol. The van der Waals surface area contributed by atoms with Crippen LogP contribution in [0.2, 0.25) is 0 Å². The summed E-state index contributed by atoms with van der Waals surface area (Å²) >= 11 is 0. The molecule has 1 aromatic rings. The number of amides is 1. The van der Waals surface area contributed by atoms with Crippen LogP contribution in [-0.2, 0) is 18.3 Å². The molecular formula is C14H24N4O. The van der Waals surface area contributed by atoms with Crippen molar-refractivity contribution < 1.29 is 4.79 Å². The summed E-state index contributed by atoms with van der Waals surface area (Å²) in [5, 5.41) is 7.16. The number of aryl methyl sites for hydroxylation is 1. The molecule has 5 nitrogen and oxygen atoms in total. The Labute approximate surface area is 114 Å². The molecule has 1 unspecified atom stereocenters. The molecule has 1 aliphatic carbocycles. The van der Waals surface area contributed by atoms with Gasteiger partial charge in [-0.05, 0) is 24.3 Å². The summed E-state index contributed by atoms with van der Waals surface area (Å²) in [5.74, 6) is 0.602. The van der Waals surface area contributed by atoms with E-state index in [0.29, 0.717) is 18.9 Å². The number of rotatable bonds is 5. The van der Waals surface area contributed by atoms with E-state index in [4.69, 9.17) is 5.73 Å². The second-order valence-electron chi connectivity index (χ2n) is 5.51. The zero-order chi connectivity index (χ0) is 13.7. The molecular weight excluding hydrogens is 240 g/mol. The summed E-state index contributed by atoms with van der Waals surface area (Å²) in [4.78, 5) is 12.0. The van der Waals surface area contributed by atoms with Gasteiger partial charge >= 0.3 is 0 Å². The van der Waals surface area contributed by atoms with E-state index in [1.807, 2.05) is 13.2 Å². The highest BCUT2D eigenvalue weighted by atomic mass is 16.1. The van der Waals surface area contributed by atoms with Gasteiger partial charge in [0.15, 0.2) is 0 Å². The first-order valence-corrected chi connectivity index (χ1v) is 7.16. The molecule has 3 N–H and O–H groups in total. The van der Waals surface area contributed by atoms with Crippen LogP contribution in [0.25, 0.3) is 0 Å². The third-order valence-corrected chi connectivity index (χ3v) is 3.94. The largest absolute Gasteiger partial charge is 0.352 e. The summed E-state index contributed by atoms with van der Waals surface area (Å²) in [6.07, 6.45) is 10.2. The topological polar surface area (TPSA) is 72.9 Å². The van der Waals surface area contributed by atoms with Crippen LogP contribution in [0.15, 0.2) is 12.4 Å². The highest BCUT2D eigenvalue weighted by Gasteiger charge is 2.23. The Balaban J connectivity index is 1.85. The van der Waals surface area contributed by atoms with E-state index in [2.05, 4.69) is 10.4 Å². The summed E-state index contributed by atoms with van der Waals surface area (Å²) in [6.45, 7) is 0.531. The molecule has 106 valence electrons. The van der Waals surface area contributed by atoms with Gasteiger partial charge in [0.2, 0.25) is 5.91 Å². The lowest BCUT2D eigenvalue weighted by molar-refractivity contribution is -0.121. The molecule has 19 heavy (non-hydrogen) atoms. The minimum absolute atomic E-state index is 0.0500. The molecule has 1 aliphatic rings. The molecule has 0 aromatic carbocycles. The number of nitrogens with zero attached hydrogens (tertiary/aromatic N) is 2. The third-order valence-electron chi connectivity index (χ3n) is 3.94. The van der Waals surface area contributed by atoms with Gasteiger partial charge in [-0.2, -0.15) is 5.10 Å². The maximum atomic E-state index is 12.0. The van der Waals surface area contributed by atoms with E-state index in [9.17, 15) is 4.79 Å². The predicted octanol–water partition coefficient (Wildman–Crippen LogP) is 0.986. The Hall–Kier alpha value is -1.36. The molecule has 1 aromatic heterocycles. The number of nitrogens with one attached hydrogen (secondary N) is 1. The minimum atomic E-state index is 0.0500. The zero-order valence-electron chi connectivity index (χ0n) is 11.6. The van der Waals surface area contributed by atoms with Crippen molar-refractivity contribution in [3.8, 4) is 0 Å². The van der Waals surface area contributed by atoms with Gasteiger partial charge in [0.1, 0.15) is 0 Å². The van der Waals surface area contributed by atoms with E-state index in [1.54, 1.807) is 10.9 Å². The van der Waals surface area contributed by atoms with Gasteiger partial charge in [-0.3, -0.25) is 9.48 Å². The van der Waals surface area contributed by atoms with Crippen molar-refractivity contribution in [2.75, 3.05) is 6.54 Å². The first-order valence-electron chi connectivity index (χ1n) is 7.16. The van der Waals surface area contributed by atoms with Crippen LogP contribution < -0.4 is 11.1 Å². The van der Waals surface area contributed by atoms with Crippen molar-refractivity contribution in [1.29, 1.82) is 0 Å². The van der Waals surface area contributed by atoms with Crippen molar-refractivity contribution in [3.63, 3.8) is 0 Å². The van der Waals surface area contributed by atoms with Crippen LogP contribution in [0.5, 0.6) is 0 Å². The SMILES string of the molecule is Cn1cc(CC(=O)NC(CN)C2CCCCC2)cn1. The standard InChI is InChI=1S/C14H24N4O/c1-18-10-11(9-16-18)7-14(19)17-13(8-15)12-5-3-2-4-6-12/h9-10,12-13H,2-8,15H2,1H3,(H,17,19). The van der Waals surface area contributed by atoms with Gasteiger partial charge < -0.3 is 11.1 Å². The van der Waals surface area contributed by atoms with Gasteiger partial charge in [0.25, 0.3) is 0 Å². The molecule has 2 rings (SSSR count). The molecule has 1 heterocycles. The van der Waals surface area contributed by atoms with Gasteiger partial charge in [0.05, 0.1) is 12.6 Å². The van der Waals surface area contributed by atoms with Crippen LogP contribution in [0, 0.1) is 5.92 Å². The fourth-order valence-corrected chi connectivity index (χ4v) is 2.91. The van der Waals surface area contributed by atoms with E-state index in [-0.39, 0.29) is 11.9 Å². The number of hydrogen-bond donors (Lipinski definition) is 2. The Kier molecular flexibility index (Phi) is 4.96. The quantitative estimate of drug-likeness (QED) is 0.833. The minimum Gasteiger partial charge on any atom is -0.352 e. The monoisotopic (exact) mass is 264 g/mol. The molecule has 1 saturated carbocycles. The number of carbonyl (C=O) groups is 1. The van der Waals surface area contributed by atoms with Crippen molar-refractivity contribution in [2.45, 2.75) is 44.6 Å². The van der Waals surface area contributed by atoms with Crippen molar-refractivity contribution in [2.24, 2.45) is 18.7 Å². The second kappa shape index (κ2) is 6.70. The van der Waals surface area contributed by atoms with Crippen molar-refractivity contribution >= 4 is 5.91 Å². The summed E-state index contributed by atoms with van der Waals surface area (Å²) in [7, 11) is 1.85. The third kappa shape index (κ3) is 4.06. The smallest absolute Gasteiger partial charge is 0.224 e. The number of aromatic nitrogens is 2. The Bertz CT molecular complexity index is 409. The van der Waals surface area contributed by atoms with Crippen LogP contribution in [0.4, 0.5) is 0 Å². The maximum Gasteiger partial charge on any atom is 0.224 e. The van der Waals surface area contributed by atoms with Crippen molar-refractivity contribution in [1.82, 2.24) is 15.1 Å². The van der Waals surface area contributed by atoms with E-state index < -0.39 is 0 Å². The zero-order valence-corrected chi connectivity index (χ0v) is 11.6. The normalized spacial score (nSPS) is 18.2. The number of carbonyl (C=O) groups excluding carboxylic acids is 1. The van der Waals surface area contributed by atoms with E-state index in [0.717, 1.165) is 5.56 Å². The maximum absolute atomic E-state index is 12.0. The molecule has 1 atom stereocenters. The Morgan fingerprint density at radius 3 is 2.84 bits per heavy atom. The van der Waals surface area contributed by atoms with Gasteiger partial charge in [0, 0.05) is 25.8 Å². The van der Waals surface area contributed by atoms with E-state index in [1.165, 1.54) is 32.1 Å². The average Bonchev–Trinajstić information content (AvgIpc) is 2.82. The van der Waals surface area contributed by atoms with Gasteiger partial charge in [-0.15, -0.1) is 0 Å². The molecule has 0 radical (unpaired) electrons. The van der Waals surface area contributed by atoms with Crippen LogP contribution in [-0.4, -0.2) is 28.3 Å². The molecule has 0 saturated heterocycles. The first-order chi connectivity index (χ1) is 9.19. The summed E-state index contributed by atoms with van der Waals surface area (Å²) < 4.78 is 1.71. The lowest BCUT2D eigenvalue weighted by Crippen LogP contribution is -2.46.